The van der Waals surface area contributed by atoms with Crippen LogP contribution < -0.4 is 9.46 Å². The Morgan fingerprint density at radius 1 is 1.15 bits per heavy atom. The molecule has 8 nitrogen and oxygen atoms in total. The summed E-state index contributed by atoms with van der Waals surface area (Å²) in [5.74, 6) is 0.926. The van der Waals surface area contributed by atoms with Crippen LogP contribution in [0.25, 0.3) is 11.6 Å². The highest BCUT2D eigenvalue weighted by Gasteiger charge is 2.20. The maximum Gasteiger partial charge on any atom is 0.266 e. The third-order valence-electron chi connectivity index (χ3n) is 4.05. The number of aryl methyl sites for hydroxylation is 2. The summed E-state index contributed by atoms with van der Waals surface area (Å²) in [6, 6.07) is 8.67. The van der Waals surface area contributed by atoms with E-state index in [4.69, 9.17) is 9.15 Å². The number of benzene rings is 1. The zero-order valence-corrected chi connectivity index (χ0v) is 16.1. The maximum absolute atomic E-state index is 12.6. The molecule has 9 heteroatoms. The highest BCUT2D eigenvalue weighted by molar-refractivity contribution is 7.89. The second-order valence-electron chi connectivity index (χ2n) is 5.95. The summed E-state index contributed by atoms with van der Waals surface area (Å²) >= 11 is 0. The topological polar surface area (TPSA) is 107 Å². The standard InChI is InChI=1S/C18H20N4O4S/c1-12-10-15(25-3)16(11-13(12)2)27(23,24)20-9-7-17-21-22-18(26-17)14-6-4-5-8-19-14/h4-6,8,10-11,20H,7,9H2,1-3H3. The molecule has 3 rings (SSSR count). The number of aromatic nitrogens is 3. The van der Waals surface area contributed by atoms with Crippen LogP contribution in [-0.4, -0.2) is 37.3 Å². The Bertz CT molecular complexity index is 1030. The van der Waals surface area contributed by atoms with E-state index >= 15 is 0 Å². The fraction of sp³-hybridized carbons (Fsp3) is 0.278. The van der Waals surface area contributed by atoms with E-state index in [1.54, 1.807) is 30.5 Å². The minimum atomic E-state index is -3.73. The van der Waals surface area contributed by atoms with Crippen molar-refractivity contribution in [2.75, 3.05) is 13.7 Å². The van der Waals surface area contributed by atoms with Gasteiger partial charge in [-0.3, -0.25) is 4.98 Å². The molecule has 0 amide bonds. The van der Waals surface area contributed by atoms with Gasteiger partial charge in [0.1, 0.15) is 16.3 Å². The van der Waals surface area contributed by atoms with E-state index in [2.05, 4.69) is 19.9 Å². The molecule has 0 bridgehead atoms. The number of hydrogen-bond donors (Lipinski definition) is 1. The second-order valence-corrected chi connectivity index (χ2v) is 7.69. The zero-order chi connectivity index (χ0) is 19.4. The molecular weight excluding hydrogens is 368 g/mol. The van der Waals surface area contributed by atoms with Gasteiger partial charge in [-0.25, -0.2) is 13.1 Å². The normalized spacial score (nSPS) is 11.5. The molecule has 1 aromatic carbocycles. The fourth-order valence-corrected chi connectivity index (χ4v) is 3.72. The van der Waals surface area contributed by atoms with E-state index in [-0.39, 0.29) is 17.9 Å². The summed E-state index contributed by atoms with van der Waals surface area (Å²) in [6.07, 6.45) is 1.89. The predicted octanol–water partition coefficient (Wildman–Crippen LogP) is 2.28. The highest BCUT2D eigenvalue weighted by atomic mass is 32.2. The van der Waals surface area contributed by atoms with Crippen molar-refractivity contribution in [2.24, 2.45) is 0 Å². The van der Waals surface area contributed by atoms with Gasteiger partial charge < -0.3 is 9.15 Å². The number of hydrogen-bond acceptors (Lipinski definition) is 7. The van der Waals surface area contributed by atoms with Crippen molar-refractivity contribution in [1.82, 2.24) is 19.9 Å². The van der Waals surface area contributed by atoms with Gasteiger partial charge in [0, 0.05) is 19.2 Å². The Kier molecular flexibility index (Phi) is 5.52. The van der Waals surface area contributed by atoms with Gasteiger partial charge in [-0.1, -0.05) is 6.07 Å². The minimum absolute atomic E-state index is 0.104. The SMILES string of the molecule is COc1cc(C)c(C)cc1S(=O)(=O)NCCc1nnc(-c2ccccn2)o1. The van der Waals surface area contributed by atoms with E-state index in [0.717, 1.165) is 11.1 Å². The van der Waals surface area contributed by atoms with Crippen LogP contribution in [0, 0.1) is 13.8 Å². The molecule has 27 heavy (non-hydrogen) atoms. The van der Waals surface area contributed by atoms with Gasteiger partial charge in [-0.2, -0.15) is 0 Å². The minimum Gasteiger partial charge on any atom is -0.495 e. The van der Waals surface area contributed by atoms with Gasteiger partial charge >= 0.3 is 0 Å². The van der Waals surface area contributed by atoms with Crippen LogP contribution >= 0.6 is 0 Å². The fourth-order valence-electron chi connectivity index (χ4n) is 2.45. The first kappa shape index (κ1) is 19.0. The van der Waals surface area contributed by atoms with Gasteiger partial charge in [-0.05, 0) is 49.2 Å². The third-order valence-corrected chi connectivity index (χ3v) is 5.53. The molecule has 0 aliphatic carbocycles. The molecule has 0 unspecified atom stereocenters. The van der Waals surface area contributed by atoms with E-state index in [1.807, 2.05) is 19.9 Å². The summed E-state index contributed by atoms with van der Waals surface area (Å²) in [5, 5.41) is 7.86. The van der Waals surface area contributed by atoms with Crippen LogP contribution in [0.3, 0.4) is 0 Å². The van der Waals surface area contributed by atoms with Crippen molar-refractivity contribution in [3.05, 3.63) is 53.5 Å². The van der Waals surface area contributed by atoms with Crippen molar-refractivity contribution in [1.29, 1.82) is 0 Å². The van der Waals surface area contributed by atoms with E-state index in [0.29, 0.717) is 23.2 Å². The highest BCUT2D eigenvalue weighted by Crippen LogP contribution is 2.27. The molecule has 0 radical (unpaired) electrons. The van der Waals surface area contributed by atoms with Crippen LogP contribution in [0.2, 0.25) is 0 Å². The largest absolute Gasteiger partial charge is 0.495 e. The van der Waals surface area contributed by atoms with Crippen LogP contribution in [0.4, 0.5) is 0 Å². The lowest BCUT2D eigenvalue weighted by Crippen LogP contribution is -2.26. The smallest absolute Gasteiger partial charge is 0.266 e. The molecule has 0 aliphatic heterocycles. The first-order valence-corrected chi connectivity index (χ1v) is 9.77. The van der Waals surface area contributed by atoms with Gasteiger partial charge in [0.15, 0.2) is 0 Å². The van der Waals surface area contributed by atoms with Crippen molar-refractivity contribution >= 4 is 10.0 Å². The maximum atomic E-state index is 12.6. The molecule has 0 atom stereocenters. The molecule has 3 aromatic rings. The van der Waals surface area contributed by atoms with Crippen LogP contribution in [-0.2, 0) is 16.4 Å². The molecule has 0 spiro atoms. The summed E-state index contributed by atoms with van der Waals surface area (Å²) in [7, 11) is -2.29. The second kappa shape index (κ2) is 7.85. The van der Waals surface area contributed by atoms with Crippen molar-refractivity contribution in [3.63, 3.8) is 0 Å². The summed E-state index contributed by atoms with van der Waals surface area (Å²) < 4.78 is 38.5. The average Bonchev–Trinajstić information content (AvgIpc) is 3.13. The summed E-state index contributed by atoms with van der Waals surface area (Å²) in [6.45, 7) is 3.87. The Balaban J connectivity index is 1.69. The number of pyridine rings is 1. The zero-order valence-electron chi connectivity index (χ0n) is 15.3. The van der Waals surface area contributed by atoms with Gasteiger partial charge in [0.05, 0.1) is 7.11 Å². The first-order valence-electron chi connectivity index (χ1n) is 8.29. The monoisotopic (exact) mass is 388 g/mol. The van der Waals surface area contributed by atoms with Gasteiger partial charge in [-0.15, -0.1) is 10.2 Å². The molecule has 0 fully saturated rings. The van der Waals surface area contributed by atoms with Crippen LogP contribution in [0.5, 0.6) is 5.75 Å². The Morgan fingerprint density at radius 3 is 2.63 bits per heavy atom. The lowest BCUT2D eigenvalue weighted by Gasteiger charge is -2.12. The Hall–Kier alpha value is -2.78. The lowest BCUT2D eigenvalue weighted by atomic mass is 10.1. The predicted molar refractivity (Wildman–Crippen MR) is 98.9 cm³/mol. The van der Waals surface area contributed by atoms with Gasteiger partial charge in [0.25, 0.3) is 5.89 Å². The average molecular weight is 388 g/mol. The Morgan fingerprint density at radius 2 is 1.93 bits per heavy atom. The number of rotatable bonds is 7. The van der Waals surface area contributed by atoms with Crippen molar-refractivity contribution in [3.8, 4) is 17.3 Å². The van der Waals surface area contributed by atoms with E-state index in [9.17, 15) is 8.42 Å². The first-order chi connectivity index (χ1) is 12.9. The van der Waals surface area contributed by atoms with Crippen molar-refractivity contribution < 1.29 is 17.6 Å². The number of nitrogens with one attached hydrogen (secondary N) is 1. The van der Waals surface area contributed by atoms with Gasteiger partial charge in [0.2, 0.25) is 15.9 Å². The molecule has 0 saturated heterocycles. The number of sulfonamides is 1. The quantitative estimate of drug-likeness (QED) is 0.661. The van der Waals surface area contributed by atoms with Crippen molar-refractivity contribution in [2.45, 2.75) is 25.2 Å². The molecule has 2 aromatic heterocycles. The van der Waals surface area contributed by atoms with E-state index in [1.165, 1.54) is 7.11 Å². The molecule has 0 aliphatic rings. The van der Waals surface area contributed by atoms with Crippen LogP contribution in [0.15, 0.2) is 45.8 Å². The number of nitrogens with zero attached hydrogens (tertiary/aromatic N) is 3. The van der Waals surface area contributed by atoms with E-state index < -0.39 is 10.0 Å². The molecule has 2 heterocycles. The number of methoxy groups -OCH3 is 1. The summed E-state index contributed by atoms with van der Waals surface area (Å²) in [5.41, 5.74) is 2.39. The summed E-state index contributed by atoms with van der Waals surface area (Å²) in [4.78, 5) is 4.24. The molecule has 1 N–H and O–H groups in total. The lowest BCUT2D eigenvalue weighted by molar-refractivity contribution is 0.401. The molecule has 0 saturated carbocycles. The third kappa shape index (κ3) is 4.32. The Labute approximate surface area is 157 Å². The number of ether oxygens (including phenoxy) is 1. The molecular formula is C18H20N4O4S. The van der Waals surface area contributed by atoms with Crippen LogP contribution in [0.1, 0.15) is 17.0 Å². The molecule has 142 valence electrons.